The highest BCUT2D eigenvalue weighted by atomic mass is 16.6. The number of rotatable bonds is 12. The van der Waals surface area contributed by atoms with E-state index < -0.39 is 23.8 Å². The number of carbonyl (C=O) groups excluding carboxylic acids is 3. The number of alkyl carbamates (subject to hydrolysis) is 1. The van der Waals surface area contributed by atoms with Gasteiger partial charge in [-0.25, -0.2) is 4.79 Å². The number of unbranched alkanes of at least 4 members (excludes halogenated alkanes) is 2. The van der Waals surface area contributed by atoms with Crippen molar-refractivity contribution in [1.82, 2.24) is 15.5 Å². The summed E-state index contributed by atoms with van der Waals surface area (Å²) in [5.41, 5.74) is 1.11. The topological polar surface area (TPSA) is 87.7 Å². The van der Waals surface area contributed by atoms with E-state index in [9.17, 15) is 14.4 Å². The van der Waals surface area contributed by atoms with E-state index >= 15 is 0 Å². The van der Waals surface area contributed by atoms with Crippen LogP contribution in [-0.2, 0) is 14.3 Å². The van der Waals surface area contributed by atoms with Crippen molar-refractivity contribution in [3.05, 3.63) is 35.4 Å². The maximum absolute atomic E-state index is 14.0. The Balaban J connectivity index is 2.39. The molecular weight excluding hydrogens is 442 g/mol. The number of nitrogens with zero attached hydrogens (tertiary/aromatic N) is 1. The Bertz CT molecular complexity index is 858. The second-order valence-electron chi connectivity index (χ2n) is 11.1. The molecule has 2 unspecified atom stereocenters. The fraction of sp³-hybridized carbons (Fsp3) is 0.679. The number of nitrogens with one attached hydrogen (secondary N) is 2. The van der Waals surface area contributed by atoms with Crippen molar-refractivity contribution < 1.29 is 19.1 Å². The van der Waals surface area contributed by atoms with E-state index in [-0.39, 0.29) is 23.8 Å². The monoisotopic (exact) mass is 487 g/mol. The number of amides is 3. The van der Waals surface area contributed by atoms with Gasteiger partial charge in [-0.3, -0.25) is 9.59 Å². The summed E-state index contributed by atoms with van der Waals surface area (Å²) in [6, 6.07) is 6.19. The lowest BCUT2D eigenvalue weighted by Gasteiger charge is -2.35. The Hall–Kier alpha value is -2.57. The van der Waals surface area contributed by atoms with Crippen LogP contribution in [0.15, 0.2) is 24.3 Å². The third-order valence-corrected chi connectivity index (χ3v) is 5.98. The highest BCUT2D eigenvalue weighted by molar-refractivity contribution is 5.92. The number of aryl methyl sites for hydroxylation is 1. The van der Waals surface area contributed by atoms with Crippen LogP contribution in [-0.4, -0.2) is 47.0 Å². The van der Waals surface area contributed by atoms with E-state index in [0.717, 1.165) is 43.2 Å². The Kier molecular flexibility index (Phi) is 10.6. The molecule has 196 valence electrons. The van der Waals surface area contributed by atoms with Crippen molar-refractivity contribution in [2.75, 3.05) is 6.54 Å². The first-order valence-electron chi connectivity index (χ1n) is 13.1. The van der Waals surface area contributed by atoms with Crippen LogP contribution in [0.4, 0.5) is 4.79 Å². The molecule has 1 saturated carbocycles. The van der Waals surface area contributed by atoms with Gasteiger partial charge < -0.3 is 20.3 Å². The predicted molar refractivity (Wildman–Crippen MR) is 139 cm³/mol. The Morgan fingerprint density at radius 2 is 1.77 bits per heavy atom. The van der Waals surface area contributed by atoms with Crippen molar-refractivity contribution in [3.8, 4) is 0 Å². The summed E-state index contributed by atoms with van der Waals surface area (Å²) in [7, 11) is 0. The first kappa shape index (κ1) is 28.7. The molecule has 3 amide bonds. The van der Waals surface area contributed by atoms with Crippen LogP contribution >= 0.6 is 0 Å². The molecule has 0 aromatic heterocycles. The Labute approximate surface area is 211 Å². The maximum atomic E-state index is 14.0. The molecule has 1 aromatic rings. The molecule has 2 rings (SSSR count). The summed E-state index contributed by atoms with van der Waals surface area (Å²) in [5, 5.41) is 5.87. The van der Waals surface area contributed by atoms with Crippen LogP contribution in [0, 0.1) is 12.8 Å². The molecular formula is C28H45N3O4. The smallest absolute Gasteiger partial charge is 0.408 e. The van der Waals surface area contributed by atoms with Gasteiger partial charge in [0.2, 0.25) is 11.8 Å². The number of ether oxygens (including phenoxy) is 1. The minimum Gasteiger partial charge on any atom is -0.444 e. The van der Waals surface area contributed by atoms with Gasteiger partial charge in [-0.15, -0.1) is 0 Å². The zero-order chi connectivity index (χ0) is 26.2. The van der Waals surface area contributed by atoms with Crippen molar-refractivity contribution in [3.63, 3.8) is 0 Å². The van der Waals surface area contributed by atoms with Gasteiger partial charge in [0.05, 0.1) is 0 Å². The number of hydrogen-bond acceptors (Lipinski definition) is 4. The summed E-state index contributed by atoms with van der Waals surface area (Å²) in [4.78, 5) is 42.0. The number of carbonyl (C=O) groups is 3. The van der Waals surface area contributed by atoms with Gasteiger partial charge in [0.15, 0.2) is 0 Å². The van der Waals surface area contributed by atoms with Gasteiger partial charge in [0.25, 0.3) is 0 Å². The van der Waals surface area contributed by atoms with Crippen LogP contribution in [0.1, 0.15) is 97.2 Å². The van der Waals surface area contributed by atoms with Crippen molar-refractivity contribution in [1.29, 1.82) is 0 Å². The third-order valence-electron chi connectivity index (χ3n) is 5.98. The fourth-order valence-electron chi connectivity index (χ4n) is 4.19. The third kappa shape index (κ3) is 9.19. The Morgan fingerprint density at radius 1 is 1.11 bits per heavy atom. The molecule has 1 aromatic carbocycles. The first-order valence-corrected chi connectivity index (χ1v) is 13.1. The van der Waals surface area contributed by atoms with E-state index in [1.54, 1.807) is 25.7 Å². The van der Waals surface area contributed by atoms with E-state index in [0.29, 0.717) is 13.0 Å². The standard InChI is InChI=1S/C28H45N3O4/c1-8-9-12-17-29-25(32)24(22-14-11-10-13-20(22)4)31(21-15-16-21)26(33)23(18-19(2)3)30-27(34)35-28(5,6)7/h10-11,13-14,19,21,23-24H,8-9,12,15-18H2,1-7H3,(H,29,32)(H,30,34). The van der Waals surface area contributed by atoms with E-state index in [2.05, 4.69) is 17.6 Å². The second kappa shape index (κ2) is 12.9. The minimum atomic E-state index is -0.773. The SMILES string of the molecule is CCCCCNC(=O)C(c1ccccc1C)N(C(=O)C(CC(C)C)NC(=O)OC(C)(C)C)C1CC1. The molecule has 35 heavy (non-hydrogen) atoms. The van der Waals surface area contributed by atoms with Crippen molar-refractivity contribution in [2.24, 2.45) is 5.92 Å². The lowest BCUT2D eigenvalue weighted by Crippen LogP contribution is -2.54. The quantitative estimate of drug-likeness (QED) is 0.393. The van der Waals surface area contributed by atoms with Crippen molar-refractivity contribution >= 4 is 17.9 Å². The van der Waals surface area contributed by atoms with E-state index in [1.165, 1.54) is 0 Å². The molecule has 1 fully saturated rings. The molecule has 0 saturated heterocycles. The van der Waals surface area contributed by atoms with Gasteiger partial charge in [0, 0.05) is 12.6 Å². The molecule has 1 aliphatic carbocycles. The lowest BCUT2D eigenvalue weighted by molar-refractivity contribution is -0.143. The summed E-state index contributed by atoms with van der Waals surface area (Å²) in [6.07, 6.45) is 4.53. The van der Waals surface area contributed by atoms with Crippen LogP contribution in [0.3, 0.4) is 0 Å². The molecule has 7 heteroatoms. The molecule has 0 aliphatic heterocycles. The molecule has 0 bridgehead atoms. The minimum absolute atomic E-state index is 0.0244. The average Bonchev–Trinajstić information content (AvgIpc) is 3.58. The van der Waals surface area contributed by atoms with Gasteiger partial charge >= 0.3 is 6.09 Å². The molecule has 7 nitrogen and oxygen atoms in total. The predicted octanol–water partition coefficient (Wildman–Crippen LogP) is 5.27. The van der Waals surface area contributed by atoms with Crippen LogP contribution in [0.2, 0.25) is 0 Å². The first-order chi connectivity index (χ1) is 16.4. The highest BCUT2D eigenvalue weighted by Crippen LogP contribution is 2.37. The van der Waals surface area contributed by atoms with Gasteiger partial charge in [-0.05, 0) is 70.4 Å². The summed E-state index contributed by atoms with van der Waals surface area (Å²) < 4.78 is 5.44. The van der Waals surface area contributed by atoms with Crippen LogP contribution in [0.25, 0.3) is 0 Å². The molecule has 0 spiro atoms. The largest absolute Gasteiger partial charge is 0.444 e. The maximum Gasteiger partial charge on any atom is 0.408 e. The van der Waals surface area contributed by atoms with Crippen LogP contribution in [0.5, 0.6) is 0 Å². The lowest BCUT2D eigenvalue weighted by atomic mass is 9.96. The molecule has 1 aliphatic rings. The molecule has 0 heterocycles. The summed E-state index contributed by atoms with van der Waals surface area (Å²) in [5.74, 6) is -0.236. The van der Waals surface area contributed by atoms with Gasteiger partial charge in [-0.1, -0.05) is 57.9 Å². The number of benzene rings is 1. The zero-order valence-electron chi connectivity index (χ0n) is 22.6. The normalized spacial score (nSPS) is 15.3. The summed E-state index contributed by atoms with van der Waals surface area (Å²) >= 11 is 0. The molecule has 2 atom stereocenters. The molecule has 0 radical (unpaired) electrons. The van der Waals surface area contributed by atoms with Crippen molar-refractivity contribution in [2.45, 2.75) is 111 Å². The van der Waals surface area contributed by atoms with Crippen LogP contribution < -0.4 is 10.6 Å². The number of hydrogen-bond donors (Lipinski definition) is 2. The average molecular weight is 488 g/mol. The van der Waals surface area contributed by atoms with E-state index in [4.69, 9.17) is 4.74 Å². The second-order valence-corrected chi connectivity index (χ2v) is 11.1. The van der Waals surface area contributed by atoms with Gasteiger partial charge in [0.1, 0.15) is 17.7 Å². The zero-order valence-corrected chi connectivity index (χ0v) is 22.6. The Morgan fingerprint density at radius 3 is 2.31 bits per heavy atom. The highest BCUT2D eigenvalue weighted by Gasteiger charge is 2.44. The van der Waals surface area contributed by atoms with E-state index in [1.807, 2.05) is 45.0 Å². The van der Waals surface area contributed by atoms with Gasteiger partial charge in [-0.2, -0.15) is 0 Å². The summed E-state index contributed by atoms with van der Waals surface area (Å²) in [6.45, 7) is 14.1. The fourth-order valence-corrected chi connectivity index (χ4v) is 4.19. The molecule has 2 N–H and O–H groups in total.